The van der Waals surface area contributed by atoms with Crippen LogP contribution in [0.3, 0.4) is 0 Å². The number of fused-ring (bicyclic) bond motifs is 1. The molecule has 3 fully saturated rings. The van der Waals surface area contributed by atoms with Crippen molar-refractivity contribution < 1.29 is 9.53 Å². The number of carbonyl (C=O) groups is 1. The maximum Gasteiger partial charge on any atom is 0.227 e. The number of morpholine rings is 1. The fourth-order valence-electron chi connectivity index (χ4n) is 3.78. The molecule has 3 aliphatic rings. The Labute approximate surface area is 109 Å². The van der Waals surface area contributed by atoms with Gasteiger partial charge in [-0.15, -0.1) is 0 Å². The molecule has 2 heterocycles. The Morgan fingerprint density at radius 1 is 1.28 bits per heavy atom. The Morgan fingerprint density at radius 3 is 2.89 bits per heavy atom. The molecule has 0 aromatic heterocycles. The molecule has 0 bridgehead atoms. The third kappa shape index (κ3) is 2.16. The smallest absolute Gasteiger partial charge is 0.227 e. The van der Waals surface area contributed by atoms with E-state index < -0.39 is 0 Å². The zero-order valence-electron chi connectivity index (χ0n) is 11.2. The molecule has 0 aromatic rings. The number of nitrogens with one attached hydrogen (secondary N) is 1. The predicted molar refractivity (Wildman–Crippen MR) is 69.3 cm³/mol. The van der Waals surface area contributed by atoms with E-state index in [0.29, 0.717) is 24.1 Å². The summed E-state index contributed by atoms with van der Waals surface area (Å²) < 4.78 is 5.84. The molecule has 2 aliphatic heterocycles. The minimum Gasteiger partial charge on any atom is -0.374 e. The Balaban J connectivity index is 1.71. The van der Waals surface area contributed by atoms with E-state index in [1.165, 1.54) is 12.8 Å². The second-order valence-electron chi connectivity index (χ2n) is 5.93. The van der Waals surface area contributed by atoms with Crippen molar-refractivity contribution in [2.75, 3.05) is 19.7 Å². The standard InChI is InChI=1S/C14H24N2O2/c1-10-11(6-7-15-10)14(17)16-8-9-18-13-5-3-2-4-12(13)16/h10-13,15H,2-9H2,1H3. The summed E-state index contributed by atoms with van der Waals surface area (Å²) in [5.41, 5.74) is 0. The summed E-state index contributed by atoms with van der Waals surface area (Å²) in [5.74, 6) is 0.554. The maximum atomic E-state index is 12.7. The maximum absolute atomic E-state index is 12.7. The number of ether oxygens (including phenoxy) is 1. The highest BCUT2D eigenvalue weighted by Crippen LogP contribution is 2.30. The first-order valence-corrected chi connectivity index (χ1v) is 7.43. The molecule has 102 valence electrons. The average Bonchev–Trinajstić information content (AvgIpc) is 2.83. The summed E-state index contributed by atoms with van der Waals surface area (Å²) in [6, 6.07) is 0.690. The highest BCUT2D eigenvalue weighted by Gasteiger charge is 2.40. The quantitative estimate of drug-likeness (QED) is 0.761. The monoisotopic (exact) mass is 252 g/mol. The summed E-state index contributed by atoms with van der Waals surface area (Å²) in [7, 11) is 0. The van der Waals surface area contributed by atoms with Gasteiger partial charge in [-0.25, -0.2) is 0 Å². The molecule has 1 amide bonds. The van der Waals surface area contributed by atoms with Gasteiger partial charge in [0.25, 0.3) is 0 Å². The normalized spacial score (nSPS) is 40.6. The lowest BCUT2D eigenvalue weighted by atomic mass is 9.88. The van der Waals surface area contributed by atoms with Crippen molar-refractivity contribution in [3.8, 4) is 0 Å². The van der Waals surface area contributed by atoms with Gasteiger partial charge in [-0.05, 0) is 32.7 Å². The van der Waals surface area contributed by atoms with E-state index in [1.807, 2.05) is 0 Å². The van der Waals surface area contributed by atoms with Crippen molar-refractivity contribution in [2.45, 2.75) is 57.2 Å². The Bertz CT molecular complexity index is 319. The van der Waals surface area contributed by atoms with Crippen molar-refractivity contribution in [2.24, 2.45) is 5.92 Å². The largest absolute Gasteiger partial charge is 0.374 e. The van der Waals surface area contributed by atoms with Crippen molar-refractivity contribution >= 4 is 5.91 Å². The summed E-state index contributed by atoms with van der Waals surface area (Å²) in [6.07, 6.45) is 6.06. The summed E-state index contributed by atoms with van der Waals surface area (Å²) in [4.78, 5) is 14.8. The number of carbonyl (C=O) groups excluding carboxylic acids is 1. The van der Waals surface area contributed by atoms with E-state index in [0.717, 1.165) is 39.0 Å². The van der Waals surface area contributed by atoms with Gasteiger partial charge in [0.1, 0.15) is 0 Å². The second kappa shape index (κ2) is 5.17. The molecule has 18 heavy (non-hydrogen) atoms. The van der Waals surface area contributed by atoms with E-state index in [-0.39, 0.29) is 5.92 Å². The van der Waals surface area contributed by atoms with Gasteiger partial charge in [-0.1, -0.05) is 12.8 Å². The lowest BCUT2D eigenvalue weighted by Gasteiger charge is -2.45. The Morgan fingerprint density at radius 2 is 2.11 bits per heavy atom. The highest BCUT2D eigenvalue weighted by molar-refractivity contribution is 5.80. The number of amides is 1. The van der Waals surface area contributed by atoms with E-state index in [4.69, 9.17) is 4.74 Å². The second-order valence-corrected chi connectivity index (χ2v) is 5.93. The van der Waals surface area contributed by atoms with Crippen LogP contribution < -0.4 is 5.32 Å². The number of hydrogen-bond acceptors (Lipinski definition) is 3. The van der Waals surface area contributed by atoms with Gasteiger partial charge >= 0.3 is 0 Å². The molecular weight excluding hydrogens is 228 g/mol. The van der Waals surface area contributed by atoms with Crippen LogP contribution in [0, 0.1) is 5.92 Å². The van der Waals surface area contributed by atoms with Crippen molar-refractivity contribution in [1.82, 2.24) is 10.2 Å². The molecule has 2 saturated heterocycles. The lowest BCUT2D eigenvalue weighted by molar-refractivity contribution is -0.153. The first-order valence-electron chi connectivity index (χ1n) is 7.43. The molecular formula is C14H24N2O2. The summed E-state index contributed by atoms with van der Waals surface area (Å²) in [5, 5.41) is 3.38. The summed E-state index contributed by atoms with van der Waals surface area (Å²) >= 11 is 0. The molecule has 4 unspecified atom stereocenters. The van der Waals surface area contributed by atoms with Crippen molar-refractivity contribution in [3.63, 3.8) is 0 Å². The lowest BCUT2D eigenvalue weighted by Crippen LogP contribution is -2.57. The molecule has 4 heteroatoms. The van der Waals surface area contributed by atoms with Gasteiger partial charge in [0, 0.05) is 12.6 Å². The minimum absolute atomic E-state index is 0.186. The average molecular weight is 252 g/mol. The molecule has 0 radical (unpaired) electrons. The highest BCUT2D eigenvalue weighted by atomic mass is 16.5. The van der Waals surface area contributed by atoms with Gasteiger partial charge in [0.05, 0.1) is 24.7 Å². The van der Waals surface area contributed by atoms with Crippen LogP contribution in [0.25, 0.3) is 0 Å². The van der Waals surface area contributed by atoms with Gasteiger partial charge in [0.15, 0.2) is 0 Å². The zero-order chi connectivity index (χ0) is 12.5. The van der Waals surface area contributed by atoms with Crippen LogP contribution in [0.1, 0.15) is 39.0 Å². The number of nitrogens with zero attached hydrogens (tertiary/aromatic N) is 1. The van der Waals surface area contributed by atoms with Crippen LogP contribution >= 0.6 is 0 Å². The molecule has 1 aliphatic carbocycles. The first-order chi connectivity index (χ1) is 8.77. The summed E-state index contributed by atoms with van der Waals surface area (Å²) in [6.45, 7) is 4.63. The fourth-order valence-corrected chi connectivity index (χ4v) is 3.78. The number of hydrogen-bond donors (Lipinski definition) is 1. The molecule has 0 aromatic carbocycles. The van der Waals surface area contributed by atoms with Gasteiger partial charge in [-0.2, -0.15) is 0 Å². The fraction of sp³-hybridized carbons (Fsp3) is 0.929. The zero-order valence-corrected chi connectivity index (χ0v) is 11.2. The van der Waals surface area contributed by atoms with E-state index in [2.05, 4.69) is 17.1 Å². The molecule has 3 rings (SSSR count). The molecule has 1 saturated carbocycles. The number of rotatable bonds is 1. The van der Waals surface area contributed by atoms with Gasteiger partial charge < -0.3 is 15.0 Å². The van der Waals surface area contributed by atoms with E-state index in [1.54, 1.807) is 0 Å². The van der Waals surface area contributed by atoms with Crippen molar-refractivity contribution in [3.05, 3.63) is 0 Å². The molecule has 1 N–H and O–H groups in total. The van der Waals surface area contributed by atoms with Crippen LogP contribution in [0.4, 0.5) is 0 Å². The molecule has 0 spiro atoms. The predicted octanol–water partition coefficient (Wildman–Crippen LogP) is 1.15. The van der Waals surface area contributed by atoms with E-state index in [9.17, 15) is 4.79 Å². The van der Waals surface area contributed by atoms with Crippen LogP contribution in [-0.2, 0) is 9.53 Å². The van der Waals surface area contributed by atoms with Crippen LogP contribution in [0.15, 0.2) is 0 Å². The first kappa shape index (κ1) is 12.4. The van der Waals surface area contributed by atoms with Gasteiger partial charge in [0.2, 0.25) is 5.91 Å². The molecule has 4 nitrogen and oxygen atoms in total. The van der Waals surface area contributed by atoms with Crippen LogP contribution in [0.5, 0.6) is 0 Å². The van der Waals surface area contributed by atoms with Crippen molar-refractivity contribution in [1.29, 1.82) is 0 Å². The van der Waals surface area contributed by atoms with Gasteiger partial charge in [-0.3, -0.25) is 4.79 Å². The topological polar surface area (TPSA) is 41.6 Å². The molecule has 4 atom stereocenters. The minimum atomic E-state index is 0.186. The third-order valence-electron chi connectivity index (χ3n) is 4.86. The Kier molecular flexibility index (Phi) is 3.57. The third-order valence-corrected chi connectivity index (χ3v) is 4.86. The Hall–Kier alpha value is -0.610. The SMILES string of the molecule is CC1NCCC1C(=O)N1CCOC2CCCCC21. The van der Waals surface area contributed by atoms with Crippen LogP contribution in [0.2, 0.25) is 0 Å². The van der Waals surface area contributed by atoms with Crippen LogP contribution in [-0.4, -0.2) is 48.7 Å². The van der Waals surface area contributed by atoms with E-state index >= 15 is 0 Å².